The Kier molecular flexibility index (Phi) is 4.58. The first-order valence-corrected chi connectivity index (χ1v) is 8.24. The lowest BCUT2D eigenvalue weighted by Gasteiger charge is -2.24. The molecule has 2 heterocycles. The summed E-state index contributed by atoms with van der Waals surface area (Å²) in [6.07, 6.45) is 4.05. The summed E-state index contributed by atoms with van der Waals surface area (Å²) in [5.74, 6) is 0.705. The Hall–Kier alpha value is -2.08. The van der Waals surface area contributed by atoms with Crippen LogP contribution in [0.1, 0.15) is 23.2 Å². The first-order chi connectivity index (χ1) is 10.8. The lowest BCUT2D eigenvalue weighted by molar-refractivity contribution is 0.0951. The van der Waals surface area contributed by atoms with Crippen molar-refractivity contribution in [1.82, 2.24) is 10.3 Å². The molecule has 0 spiro atoms. The third-order valence-electron chi connectivity index (χ3n) is 3.89. The molecule has 1 amide bonds. The van der Waals surface area contributed by atoms with E-state index in [1.807, 2.05) is 11.6 Å². The second-order valence-corrected chi connectivity index (χ2v) is 6.12. The Morgan fingerprint density at radius 1 is 1.45 bits per heavy atom. The van der Waals surface area contributed by atoms with E-state index in [-0.39, 0.29) is 5.91 Å². The highest BCUT2D eigenvalue weighted by Crippen LogP contribution is 2.26. The average Bonchev–Trinajstić information content (AvgIpc) is 3.23. The number of amides is 1. The molecule has 116 valence electrons. The molecule has 1 aliphatic heterocycles. The van der Waals surface area contributed by atoms with Crippen molar-refractivity contribution >= 4 is 22.4 Å². The van der Waals surface area contributed by atoms with Crippen molar-refractivity contribution in [3.8, 4) is 5.75 Å². The number of thiazole rings is 1. The summed E-state index contributed by atoms with van der Waals surface area (Å²) in [4.78, 5) is 18.9. The predicted molar refractivity (Wildman–Crippen MR) is 87.8 cm³/mol. The maximum Gasteiger partial charge on any atom is 0.251 e. The van der Waals surface area contributed by atoms with Gasteiger partial charge in [-0.3, -0.25) is 4.79 Å². The van der Waals surface area contributed by atoms with E-state index in [0.29, 0.717) is 18.2 Å². The highest BCUT2D eigenvalue weighted by molar-refractivity contribution is 7.13. The fourth-order valence-corrected chi connectivity index (χ4v) is 3.45. The number of hydrogen-bond acceptors (Lipinski definition) is 5. The Balaban J connectivity index is 1.58. The number of anilines is 1. The first kappa shape index (κ1) is 14.8. The van der Waals surface area contributed by atoms with Crippen LogP contribution >= 0.6 is 11.3 Å². The van der Waals surface area contributed by atoms with E-state index >= 15 is 0 Å². The van der Waals surface area contributed by atoms with Crippen molar-refractivity contribution in [2.75, 3.05) is 25.1 Å². The maximum absolute atomic E-state index is 12.2. The van der Waals surface area contributed by atoms with Gasteiger partial charge in [0.25, 0.3) is 5.91 Å². The average molecular weight is 317 g/mol. The molecule has 6 heteroatoms. The molecule has 5 nitrogen and oxygen atoms in total. The van der Waals surface area contributed by atoms with Gasteiger partial charge >= 0.3 is 0 Å². The molecule has 0 saturated carbocycles. The molecular formula is C16H19N3O2S. The third-order valence-corrected chi connectivity index (χ3v) is 4.70. The Morgan fingerprint density at radius 3 is 2.95 bits per heavy atom. The van der Waals surface area contributed by atoms with Gasteiger partial charge in [-0.15, -0.1) is 11.3 Å². The van der Waals surface area contributed by atoms with E-state index in [1.54, 1.807) is 42.7 Å². The lowest BCUT2D eigenvalue weighted by Crippen LogP contribution is -2.40. The summed E-state index contributed by atoms with van der Waals surface area (Å²) in [5.41, 5.74) is 0.652. The molecular weight excluding hydrogens is 298 g/mol. The summed E-state index contributed by atoms with van der Waals surface area (Å²) >= 11 is 1.65. The smallest absolute Gasteiger partial charge is 0.251 e. The fraction of sp³-hybridized carbons (Fsp3) is 0.375. The van der Waals surface area contributed by atoms with Gasteiger partial charge in [-0.05, 0) is 37.1 Å². The lowest BCUT2D eigenvalue weighted by atomic mass is 10.2. The number of nitrogens with zero attached hydrogens (tertiary/aromatic N) is 2. The zero-order valence-corrected chi connectivity index (χ0v) is 13.3. The Bertz CT molecular complexity index is 613. The third kappa shape index (κ3) is 3.22. The molecule has 1 aromatic carbocycles. The second kappa shape index (κ2) is 6.79. The van der Waals surface area contributed by atoms with Crippen LogP contribution in [-0.4, -0.2) is 37.1 Å². The van der Waals surface area contributed by atoms with Crippen LogP contribution in [0.2, 0.25) is 0 Å². The molecule has 1 fully saturated rings. The zero-order chi connectivity index (χ0) is 15.4. The van der Waals surface area contributed by atoms with Crippen LogP contribution in [0.4, 0.5) is 5.13 Å². The number of nitrogens with one attached hydrogen (secondary N) is 1. The van der Waals surface area contributed by atoms with E-state index in [2.05, 4.69) is 15.2 Å². The first-order valence-electron chi connectivity index (χ1n) is 7.36. The maximum atomic E-state index is 12.2. The van der Waals surface area contributed by atoms with Crippen LogP contribution in [0.5, 0.6) is 5.75 Å². The van der Waals surface area contributed by atoms with E-state index in [1.165, 1.54) is 0 Å². The van der Waals surface area contributed by atoms with Crippen molar-refractivity contribution in [2.24, 2.45) is 0 Å². The van der Waals surface area contributed by atoms with Crippen LogP contribution in [0, 0.1) is 0 Å². The summed E-state index contributed by atoms with van der Waals surface area (Å²) < 4.78 is 5.10. The predicted octanol–water partition coefficient (Wildman–Crippen LogP) is 2.55. The number of rotatable bonds is 5. The highest BCUT2D eigenvalue weighted by atomic mass is 32.1. The van der Waals surface area contributed by atoms with Crippen molar-refractivity contribution in [3.63, 3.8) is 0 Å². The number of methoxy groups -OCH3 is 1. The second-order valence-electron chi connectivity index (χ2n) is 5.24. The Morgan fingerprint density at radius 2 is 2.27 bits per heavy atom. The monoisotopic (exact) mass is 317 g/mol. The van der Waals surface area contributed by atoms with Gasteiger partial charge in [0.15, 0.2) is 5.13 Å². The molecule has 1 aromatic heterocycles. The van der Waals surface area contributed by atoms with Crippen molar-refractivity contribution in [3.05, 3.63) is 41.4 Å². The van der Waals surface area contributed by atoms with Crippen LogP contribution in [-0.2, 0) is 0 Å². The topological polar surface area (TPSA) is 54.5 Å². The molecule has 22 heavy (non-hydrogen) atoms. The molecule has 0 aliphatic carbocycles. The molecule has 1 saturated heterocycles. The van der Waals surface area contributed by atoms with Crippen LogP contribution in [0.25, 0.3) is 0 Å². The number of carbonyl (C=O) groups excluding carboxylic acids is 1. The number of carbonyl (C=O) groups is 1. The molecule has 0 bridgehead atoms. The summed E-state index contributed by atoms with van der Waals surface area (Å²) in [6, 6.07) is 7.48. The van der Waals surface area contributed by atoms with Crippen molar-refractivity contribution < 1.29 is 9.53 Å². The van der Waals surface area contributed by atoms with Gasteiger partial charge in [-0.2, -0.15) is 0 Å². The van der Waals surface area contributed by atoms with Crippen LogP contribution in [0.3, 0.4) is 0 Å². The summed E-state index contributed by atoms with van der Waals surface area (Å²) in [6.45, 7) is 1.65. The largest absolute Gasteiger partial charge is 0.497 e. The minimum absolute atomic E-state index is 0.0476. The van der Waals surface area contributed by atoms with Crippen LogP contribution in [0.15, 0.2) is 35.8 Å². The number of hydrogen-bond donors (Lipinski definition) is 1. The van der Waals surface area contributed by atoms with Gasteiger partial charge in [-0.1, -0.05) is 0 Å². The molecule has 1 atom stereocenters. The van der Waals surface area contributed by atoms with Gasteiger partial charge in [0, 0.05) is 36.3 Å². The van der Waals surface area contributed by atoms with E-state index in [0.717, 1.165) is 30.3 Å². The SMILES string of the molecule is COc1ccc(C(=O)NCC2CCCN2c2nccs2)cc1. The van der Waals surface area contributed by atoms with Crippen molar-refractivity contribution in [1.29, 1.82) is 0 Å². The van der Waals surface area contributed by atoms with E-state index in [9.17, 15) is 4.79 Å². The summed E-state index contributed by atoms with van der Waals surface area (Å²) in [5, 5.41) is 6.06. The van der Waals surface area contributed by atoms with Crippen LogP contribution < -0.4 is 15.0 Å². The normalized spacial score (nSPS) is 17.5. The zero-order valence-electron chi connectivity index (χ0n) is 12.5. The van der Waals surface area contributed by atoms with Gasteiger partial charge in [0.05, 0.1) is 7.11 Å². The number of ether oxygens (including phenoxy) is 1. The molecule has 2 aromatic rings. The number of benzene rings is 1. The van der Waals surface area contributed by atoms with Crippen molar-refractivity contribution in [2.45, 2.75) is 18.9 Å². The van der Waals surface area contributed by atoms with E-state index in [4.69, 9.17) is 4.74 Å². The van der Waals surface area contributed by atoms with Gasteiger partial charge in [0.1, 0.15) is 5.75 Å². The number of aromatic nitrogens is 1. The molecule has 3 rings (SSSR count). The molecule has 1 N–H and O–H groups in total. The van der Waals surface area contributed by atoms with E-state index < -0.39 is 0 Å². The molecule has 1 aliphatic rings. The standard InChI is InChI=1S/C16H19N3O2S/c1-21-14-6-4-12(5-7-14)15(20)18-11-13-3-2-9-19(13)16-17-8-10-22-16/h4-8,10,13H,2-3,9,11H2,1H3,(H,18,20). The highest BCUT2D eigenvalue weighted by Gasteiger charge is 2.26. The minimum atomic E-state index is -0.0476. The molecule has 0 radical (unpaired) electrons. The van der Waals surface area contributed by atoms with Gasteiger partial charge in [0.2, 0.25) is 0 Å². The summed E-state index contributed by atoms with van der Waals surface area (Å²) in [7, 11) is 1.61. The fourth-order valence-electron chi connectivity index (χ4n) is 2.71. The molecule has 1 unspecified atom stereocenters. The Labute approximate surface area is 133 Å². The minimum Gasteiger partial charge on any atom is -0.497 e. The quantitative estimate of drug-likeness (QED) is 0.921. The van der Waals surface area contributed by atoms with Gasteiger partial charge < -0.3 is 15.0 Å². The van der Waals surface area contributed by atoms with Gasteiger partial charge in [-0.25, -0.2) is 4.98 Å².